The molecule has 0 bridgehead atoms. The molecule has 0 fully saturated rings. The van der Waals surface area contributed by atoms with Crippen LogP contribution in [0.25, 0.3) is 0 Å². The fourth-order valence-electron chi connectivity index (χ4n) is 1.90. The second-order valence-electron chi connectivity index (χ2n) is 4.50. The van der Waals surface area contributed by atoms with Crippen LogP contribution in [0.1, 0.15) is 30.6 Å². The Morgan fingerprint density at radius 2 is 2.00 bits per heavy atom. The number of aliphatic hydroxyl groups excluding tert-OH is 1. The molecular weight excluding hydrogens is 279 g/mol. The number of para-hydroxylation sites is 1. The zero-order valence-corrected chi connectivity index (χ0v) is 11.9. The van der Waals surface area contributed by atoms with Gasteiger partial charge in [0.15, 0.2) is 0 Å². The Bertz CT molecular complexity index is 586. The van der Waals surface area contributed by atoms with Crippen molar-refractivity contribution in [2.75, 3.05) is 0 Å². The smallest absolute Gasteiger partial charge is 0.142 e. The second-order valence-corrected chi connectivity index (χ2v) is 4.91. The molecular formula is C16H16ClFO2. The lowest BCUT2D eigenvalue weighted by molar-refractivity contribution is 0.166. The number of benzene rings is 2. The summed E-state index contributed by atoms with van der Waals surface area (Å²) in [6.07, 6.45) is 0.0452. The van der Waals surface area contributed by atoms with Crippen molar-refractivity contribution in [1.82, 2.24) is 0 Å². The van der Waals surface area contributed by atoms with Crippen LogP contribution >= 0.6 is 11.6 Å². The molecule has 2 aromatic carbocycles. The third kappa shape index (κ3) is 3.50. The highest BCUT2D eigenvalue weighted by atomic mass is 35.5. The normalized spacial score (nSPS) is 12.2. The van der Waals surface area contributed by atoms with Crippen LogP contribution in [0.3, 0.4) is 0 Å². The van der Waals surface area contributed by atoms with E-state index < -0.39 is 11.9 Å². The van der Waals surface area contributed by atoms with Gasteiger partial charge in [0.25, 0.3) is 0 Å². The van der Waals surface area contributed by atoms with Crippen LogP contribution in [0.2, 0.25) is 5.02 Å². The van der Waals surface area contributed by atoms with E-state index >= 15 is 0 Å². The maximum absolute atomic E-state index is 13.3. The van der Waals surface area contributed by atoms with Crippen LogP contribution in [0.5, 0.6) is 5.75 Å². The predicted octanol–water partition coefficient (Wildman–Crippen LogP) is 4.50. The molecule has 0 unspecified atom stereocenters. The summed E-state index contributed by atoms with van der Waals surface area (Å²) < 4.78 is 19.0. The quantitative estimate of drug-likeness (QED) is 0.879. The van der Waals surface area contributed by atoms with E-state index in [0.717, 1.165) is 5.56 Å². The summed E-state index contributed by atoms with van der Waals surface area (Å²) in [6.45, 7) is 2.12. The number of halogens is 2. The minimum absolute atomic E-state index is 0.0931. The summed E-state index contributed by atoms with van der Waals surface area (Å²) in [7, 11) is 0. The van der Waals surface area contributed by atoms with Gasteiger partial charge in [-0.05, 0) is 30.2 Å². The third-order valence-corrected chi connectivity index (χ3v) is 3.35. The Labute approximate surface area is 122 Å². The van der Waals surface area contributed by atoms with Gasteiger partial charge in [-0.2, -0.15) is 0 Å². The summed E-state index contributed by atoms with van der Waals surface area (Å²) >= 11 is 5.63. The SMILES string of the molecule is CC[C@H](O)c1ccccc1OCc1ccc(Cl)c(F)c1. The van der Waals surface area contributed by atoms with Gasteiger partial charge >= 0.3 is 0 Å². The van der Waals surface area contributed by atoms with Crippen molar-refractivity contribution in [2.24, 2.45) is 0 Å². The van der Waals surface area contributed by atoms with E-state index in [9.17, 15) is 9.50 Å². The van der Waals surface area contributed by atoms with Crippen LogP contribution in [-0.2, 0) is 6.61 Å². The Balaban J connectivity index is 2.12. The van der Waals surface area contributed by atoms with Gasteiger partial charge in [0.1, 0.15) is 18.2 Å². The van der Waals surface area contributed by atoms with Crippen LogP contribution in [-0.4, -0.2) is 5.11 Å². The molecule has 0 saturated heterocycles. The number of hydrogen-bond acceptors (Lipinski definition) is 2. The lowest BCUT2D eigenvalue weighted by atomic mass is 10.1. The molecule has 1 atom stereocenters. The molecule has 106 valence electrons. The number of ether oxygens (including phenoxy) is 1. The van der Waals surface area contributed by atoms with Gasteiger partial charge in [-0.1, -0.05) is 42.8 Å². The molecule has 0 spiro atoms. The van der Waals surface area contributed by atoms with Gasteiger partial charge in [0.2, 0.25) is 0 Å². The highest BCUT2D eigenvalue weighted by Crippen LogP contribution is 2.27. The van der Waals surface area contributed by atoms with Gasteiger partial charge in [0, 0.05) is 5.56 Å². The highest BCUT2D eigenvalue weighted by Gasteiger charge is 2.11. The fraction of sp³-hybridized carbons (Fsp3) is 0.250. The predicted molar refractivity (Wildman–Crippen MR) is 77.4 cm³/mol. The standard InChI is InChI=1S/C16H16ClFO2/c1-2-15(19)12-5-3-4-6-16(12)20-10-11-7-8-13(17)14(18)9-11/h3-9,15,19H,2,10H2,1H3/t15-/m0/s1. The molecule has 0 radical (unpaired) electrons. The van der Waals surface area contributed by atoms with E-state index in [0.29, 0.717) is 17.7 Å². The molecule has 0 amide bonds. The van der Waals surface area contributed by atoms with Crippen molar-refractivity contribution >= 4 is 11.6 Å². The lowest BCUT2D eigenvalue weighted by Crippen LogP contribution is -2.02. The zero-order valence-electron chi connectivity index (χ0n) is 11.1. The van der Waals surface area contributed by atoms with Crippen molar-refractivity contribution in [3.8, 4) is 5.75 Å². The van der Waals surface area contributed by atoms with Crippen molar-refractivity contribution in [1.29, 1.82) is 0 Å². The van der Waals surface area contributed by atoms with E-state index in [4.69, 9.17) is 16.3 Å². The molecule has 0 aliphatic carbocycles. The van der Waals surface area contributed by atoms with Crippen molar-refractivity contribution < 1.29 is 14.2 Å². The fourth-order valence-corrected chi connectivity index (χ4v) is 2.02. The lowest BCUT2D eigenvalue weighted by Gasteiger charge is -2.15. The summed E-state index contributed by atoms with van der Waals surface area (Å²) in [5.74, 6) is 0.145. The molecule has 4 heteroatoms. The Morgan fingerprint density at radius 3 is 2.70 bits per heavy atom. The average Bonchev–Trinajstić information content (AvgIpc) is 2.48. The average molecular weight is 295 g/mol. The first kappa shape index (κ1) is 14.8. The molecule has 0 heterocycles. The molecule has 20 heavy (non-hydrogen) atoms. The first-order valence-electron chi connectivity index (χ1n) is 6.45. The molecule has 0 aliphatic rings. The largest absolute Gasteiger partial charge is 0.489 e. The Morgan fingerprint density at radius 1 is 1.25 bits per heavy atom. The van der Waals surface area contributed by atoms with Crippen LogP contribution in [0.4, 0.5) is 4.39 Å². The number of aliphatic hydroxyl groups is 1. The van der Waals surface area contributed by atoms with Gasteiger partial charge in [-0.15, -0.1) is 0 Å². The second kappa shape index (κ2) is 6.73. The van der Waals surface area contributed by atoms with Crippen LogP contribution in [0, 0.1) is 5.82 Å². The minimum atomic E-state index is -0.562. The monoisotopic (exact) mass is 294 g/mol. The third-order valence-electron chi connectivity index (χ3n) is 3.04. The molecule has 1 N–H and O–H groups in total. The topological polar surface area (TPSA) is 29.5 Å². The van der Waals surface area contributed by atoms with Crippen LogP contribution < -0.4 is 4.74 Å². The Kier molecular flexibility index (Phi) is 4.99. The van der Waals surface area contributed by atoms with Gasteiger partial charge in [0.05, 0.1) is 11.1 Å². The van der Waals surface area contributed by atoms with E-state index in [1.54, 1.807) is 12.1 Å². The molecule has 0 saturated carbocycles. The number of hydrogen-bond donors (Lipinski definition) is 1. The molecule has 2 aromatic rings. The minimum Gasteiger partial charge on any atom is -0.489 e. The van der Waals surface area contributed by atoms with E-state index in [1.807, 2.05) is 25.1 Å². The van der Waals surface area contributed by atoms with E-state index in [-0.39, 0.29) is 11.6 Å². The Hall–Kier alpha value is -1.58. The first-order valence-corrected chi connectivity index (χ1v) is 6.83. The molecule has 2 rings (SSSR count). The van der Waals surface area contributed by atoms with E-state index in [2.05, 4.69) is 0 Å². The first-order chi connectivity index (χ1) is 9.61. The zero-order chi connectivity index (χ0) is 14.5. The summed E-state index contributed by atoms with van der Waals surface area (Å²) in [5.41, 5.74) is 1.43. The van der Waals surface area contributed by atoms with E-state index in [1.165, 1.54) is 12.1 Å². The van der Waals surface area contributed by atoms with Crippen LogP contribution in [0.15, 0.2) is 42.5 Å². The maximum atomic E-state index is 13.3. The summed E-state index contributed by atoms with van der Waals surface area (Å²) in [6, 6.07) is 11.9. The van der Waals surface area contributed by atoms with Crippen molar-refractivity contribution in [2.45, 2.75) is 26.1 Å². The summed E-state index contributed by atoms with van der Waals surface area (Å²) in [4.78, 5) is 0. The van der Waals surface area contributed by atoms with Gasteiger partial charge in [-0.25, -0.2) is 4.39 Å². The molecule has 2 nitrogen and oxygen atoms in total. The molecule has 0 aromatic heterocycles. The van der Waals surface area contributed by atoms with Gasteiger partial charge < -0.3 is 9.84 Å². The maximum Gasteiger partial charge on any atom is 0.142 e. The van der Waals surface area contributed by atoms with Crippen molar-refractivity contribution in [3.63, 3.8) is 0 Å². The summed E-state index contributed by atoms with van der Waals surface area (Å²) in [5, 5.41) is 10.0. The highest BCUT2D eigenvalue weighted by molar-refractivity contribution is 6.30. The van der Waals surface area contributed by atoms with Crippen molar-refractivity contribution in [3.05, 3.63) is 64.4 Å². The number of rotatable bonds is 5. The van der Waals surface area contributed by atoms with Gasteiger partial charge in [-0.3, -0.25) is 0 Å². The molecule has 0 aliphatic heterocycles.